The maximum absolute atomic E-state index is 5.65. The first-order valence-electron chi connectivity index (χ1n) is 4.23. The molecule has 0 amide bonds. The number of rotatable bonds is 4. The third-order valence-corrected chi connectivity index (χ3v) is 2.70. The van der Waals surface area contributed by atoms with Gasteiger partial charge in [-0.05, 0) is 13.0 Å². The number of hydrogen-bond acceptors (Lipinski definition) is 3. The molecule has 0 saturated heterocycles. The van der Waals surface area contributed by atoms with Crippen LogP contribution in [0.3, 0.4) is 0 Å². The fraction of sp³-hybridized carbons (Fsp3) is 0.400. The summed E-state index contributed by atoms with van der Waals surface area (Å²) in [6, 6.07) is 8.02. The van der Waals surface area contributed by atoms with E-state index < -0.39 is 0 Å². The molecule has 0 saturated carbocycles. The van der Waals surface area contributed by atoms with E-state index >= 15 is 0 Å². The van der Waals surface area contributed by atoms with Gasteiger partial charge in [-0.2, -0.15) is 0 Å². The van der Waals surface area contributed by atoms with Crippen molar-refractivity contribution in [2.24, 2.45) is 5.73 Å². The van der Waals surface area contributed by atoms with E-state index in [9.17, 15) is 0 Å². The molecule has 0 heterocycles. The Hall–Kier alpha value is -0.670. The number of benzene rings is 1. The molecule has 0 aliphatic carbocycles. The standard InChI is InChI=1S/C10H15NOS/c1-8(11)13-7-9-5-3-4-6-10(9)12-2/h3-6,8H,7,11H2,1-2H3. The van der Waals surface area contributed by atoms with Gasteiger partial charge in [0.05, 0.1) is 7.11 Å². The van der Waals surface area contributed by atoms with Gasteiger partial charge in [0, 0.05) is 16.7 Å². The molecule has 0 aliphatic heterocycles. The summed E-state index contributed by atoms with van der Waals surface area (Å²) < 4.78 is 5.22. The van der Waals surface area contributed by atoms with E-state index in [1.165, 1.54) is 5.56 Å². The Kier molecular flexibility index (Phi) is 4.12. The van der Waals surface area contributed by atoms with E-state index in [-0.39, 0.29) is 5.37 Å². The molecule has 72 valence electrons. The van der Waals surface area contributed by atoms with Gasteiger partial charge in [0.15, 0.2) is 0 Å². The predicted molar refractivity (Wildman–Crippen MR) is 57.9 cm³/mol. The molecule has 0 bridgehead atoms. The van der Waals surface area contributed by atoms with Crippen molar-refractivity contribution in [2.75, 3.05) is 7.11 Å². The van der Waals surface area contributed by atoms with Crippen molar-refractivity contribution >= 4 is 11.8 Å². The van der Waals surface area contributed by atoms with E-state index in [2.05, 4.69) is 6.07 Å². The Morgan fingerprint density at radius 3 is 2.77 bits per heavy atom. The molecule has 0 fully saturated rings. The first kappa shape index (κ1) is 10.4. The van der Waals surface area contributed by atoms with Gasteiger partial charge in [0.25, 0.3) is 0 Å². The van der Waals surface area contributed by atoms with Gasteiger partial charge in [-0.3, -0.25) is 0 Å². The highest BCUT2D eigenvalue weighted by molar-refractivity contribution is 7.99. The van der Waals surface area contributed by atoms with Crippen LogP contribution >= 0.6 is 11.8 Å². The van der Waals surface area contributed by atoms with Crippen LogP contribution in [0.5, 0.6) is 5.75 Å². The predicted octanol–water partition coefficient (Wildman–Crippen LogP) is 2.23. The van der Waals surface area contributed by atoms with E-state index in [4.69, 9.17) is 10.5 Å². The SMILES string of the molecule is COc1ccccc1CSC(C)N. The summed E-state index contributed by atoms with van der Waals surface area (Å²) in [4.78, 5) is 0. The lowest BCUT2D eigenvalue weighted by atomic mass is 10.2. The summed E-state index contributed by atoms with van der Waals surface area (Å²) in [6.07, 6.45) is 0. The van der Waals surface area contributed by atoms with Crippen LogP contribution in [0, 0.1) is 0 Å². The lowest BCUT2D eigenvalue weighted by Gasteiger charge is -2.09. The van der Waals surface area contributed by atoms with Crippen LogP contribution in [-0.4, -0.2) is 12.5 Å². The Bertz CT molecular complexity index is 263. The zero-order chi connectivity index (χ0) is 9.68. The van der Waals surface area contributed by atoms with Crippen molar-refractivity contribution in [3.63, 3.8) is 0 Å². The van der Waals surface area contributed by atoms with Gasteiger partial charge in [0.1, 0.15) is 5.75 Å². The summed E-state index contributed by atoms with van der Waals surface area (Å²) in [5.41, 5.74) is 6.86. The maximum Gasteiger partial charge on any atom is 0.122 e. The number of ether oxygens (including phenoxy) is 1. The number of para-hydroxylation sites is 1. The molecule has 0 aromatic heterocycles. The first-order valence-corrected chi connectivity index (χ1v) is 5.28. The Morgan fingerprint density at radius 1 is 1.46 bits per heavy atom. The van der Waals surface area contributed by atoms with Gasteiger partial charge < -0.3 is 10.5 Å². The van der Waals surface area contributed by atoms with E-state index in [0.717, 1.165) is 11.5 Å². The van der Waals surface area contributed by atoms with Crippen molar-refractivity contribution in [3.05, 3.63) is 29.8 Å². The molecule has 1 aromatic rings. The minimum Gasteiger partial charge on any atom is -0.496 e. The molecule has 3 heteroatoms. The lowest BCUT2D eigenvalue weighted by molar-refractivity contribution is 0.411. The van der Waals surface area contributed by atoms with Gasteiger partial charge in [-0.1, -0.05) is 18.2 Å². The van der Waals surface area contributed by atoms with E-state index in [0.29, 0.717) is 0 Å². The molecular weight excluding hydrogens is 182 g/mol. The Labute approximate surface area is 83.5 Å². The molecule has 0 aliphatic rings. The number of hydrogen-bond donors (Lipinski definition) is 1. The van der Waals surface area contributed by atoms with Gasteiger partial charge >= 0.3 is 0 Å². The zero-order valence-electron chi connectivity index (χ0n) is 7.99. The van der Waals surface area contributed by atoms with Crippen LogP contribution < -0.4 is 10.5 Å². The van der Waals surface area contributed by atoms with Crippen LogP contribution in [0.4, 0.5) is 0 Å². The topological polar surface area (TPSA) is 35.2 Å². The highest BCUT2D eigenvalue weighted by Gasteiger charge is 2.02. The average molecular weight is 197 g/mol. The fourth-order valence-electron chi connectivity index (χ4n) is 1.04. The summed E-state index contributed by atoms with van der Waals surface area (Å²) in [5.74, 6) is 1.84. The molecule has 2 N–H and O–H groups in total. The van der Waals surface area contributed by atoms with Gasteiger partial charge in [-0.15, -0.1) is 11.8 Å². The largest absolute Gasteiger partial charge is 0.496 e. The number of methoxy groups -OCH3 is 1. The minimum atomic E-state index is 0.171. The van der Waals surface area contributed by atoms with Crippen molar-refractivity contribution in [1.29, 1.82) is 0 Å². The summed E-state index contributed by atoms with van der Waals surface area (Å²) in [6.45, 7) is 1.99. The smallest absolute Gasteiger partial charge is 0.122 e. The molecular formula is C10H15NOS. The van der Waals surface area contributed by atoms with Gasteiger partial charge in [-0.25, -0.2) is 0 Å². The maximum atomic E-state index is 5.65. The highest BCUT2D eigenvalue weighted by Crippen LogP contribution is 2.23. The van der Waals surface area contributed by atoms with E-state index in [1.807, 2.05) is 25.1 Å². The quantitative estimate of drug-likeness (QED) is 0.752. The normalized spacial score (nSPS) is 12.5. The van der Waals surface area contributed by atoms with Crippen LogP contribution in [0.25, 0.3) is 0 Å². The molecule has 1 atom stereocenters. The monoisotopic (exact) mass is 197 g/mol. The Morgan fingerprint density at radius 2 is 2.15 bits per heavy atom. The summed E-state index contributed by atoms with van der Waals surface area (Å²) >= 11 is 1.71. The third kappa shape index (κ3) is 3.28. The second kappa shape index (κ2) is 5.14. The van der Waals surface area contributed by atoms with Crippen molar-refractivity contribution in [3.8, 4) is 5.75 Å². The van der Waals surface area contributed by atoms with Crippen molar-refractivity contribution in [1.82, 2.24) is 0 Å². The van der Waals surface area contributed by atoms with Crippen LogP contribution in [-0.2, 0) is 5.75 Å². The zero-order valence-corrected chi connectivity index (χ0v) is 8.80. The summed E-state index contributed by atoms with van der Waals surface area (Å²) in [7, 11) is 1.69. The van der Waals surface area contributed by atoms with E-state index in [1.54, 1.807) is 18.9 Å². The summed E-state index contributed by atoms with van der Waals surface area (Å²) in [5, 5.41) is 0.171. The van der Waals surface area contributed by atoms with Crippen molar-refractivity contribution in [2.45, 2.75) is 18.1 Å². The van der Waals surface area contributed by atoms with Gasteiger partial charge in [0.2, 0.25) is 0 Å². The van der Waals surface area contributed by atoms with Crippen molar-refractivity contribution < 1.29 is 4.74 Å². The molecule has 13 heavy (non-hydrogen) atoms. The molecule has 0 spiro atoms. The fourth-order valence-corrected chi connectivity index (χ4v) is 1.72. The minimum absolute atomic E-state index is 0.171. The molecule has 1 aromatic carbocycles. The first-order chi connectivity index (χ1) is 6.24. The second-order valence-electron chi connectivity index (χ2n) is 2.83. The van der Waals surface area contributed by atoms with Crippen LogP contribution in [0.2, 0.25) is 0 Å². The average Bonchev–Trinajstić information content (AvgIpc) is 2.15. The lowest BCUT2D eigenvalue weighted by Crippen LogP contribution is -2.09. The number of nitrogens with two attached hydrogens (primary N) is 1. The third-order valence-electron chi connectivity index (χ3n) is 1.69. The van der Waals surface area contributed by atoms with Crippen LogP contribution in [0.15, 0.2) is 24.3 Å². The second-order valence-corrected chi connectivity index (χ2v) is 4.19. The Balaban J connectivity index is 2.64. The molecule has 0 radical (unpaired) electrons. The molecule has 2 nitrogen and oxygen atoms in total. The highest BCUT2D eigenvalue weighted by atomic mass is 32.2. The van der Waals surface area contributed by atoms with Crippen LogP contribution in [0.1, 0.15) is 12.5 Å². The number of thioether (sulfide) groups is 1. The molecule has 1 rings (SSSR count). The molecule has 1 unspecified atom stereocenters.